The molecule has 1 amide bonds. The van der Waals surface area contributed by atoms with Crippen LogP contribution in [0.2, 0.25) is 0 Å². The van der Waals surface area contributed by atoms with Crippen LogP contribution < -0.4 is 10.6 Å². The third kappa shape index (κ3) is 3.94. The molecule has 116 valence electrons. The van der Waals surface area contributed by atoms with E-state index in [-0.39, 0.29) is 17.4 Å². The van der Waals surface area contributed by atoms with Crippen molar-refractivity contribution in [3.8, 4) is 0 Å². The maximum atomic E-state index is 11.7. The van der Waals surface area contributed by atoms with Gasteiger partial charge in [0.1, 0.15) is 5.82 Å². The molecule has 2 rings (SSSR count). The van der Waals surface area contributed by atoms with Crippen LogP contribution in [0.1, 0.15) is 49.9 Å². The van der Waals surface area contributed by atoms with Gasteiger partial charge in [0.15, 0.2) is 0 Å². The number of hydrogen-bond donors (Lipinski definition) is 3. The minimum absolute atomic E-state index is 0.0990. The molecule has 0 saturated heterocycles. The van der Waals surface area contributed by atoms with Crippen LogP contribution in [0.15, 0.2) is 18.3 Å². The van der Waals surface area contributed by atoms with Crippen LogP contribution in [0.4, 0.5) is 5.82 Å². The standard InChI is InChI=1S/C16H25N3O2/c1-3-17-15(21)12-7-8-14(18-10-12)19-11-16(2)9-5-4-6-13(16)20/h7-8,10,13,20H,3-6,9,11H2,1-2H3,(H,17,21)(H,18,19). The zero-order chi connectivity index (χ0) is 15.3. The number of nitrogens with zero attached hydrogens (tertiary/aromatic N) is 1. The summed E-state index contributed by atoms with van der Waals surface area (Å²) in [6.45, 7) is 5.31. The van der Waals surface area contributed by atoms with Crippen LogP contribution in [0.25, 0.3) is 0 Å². The molecule has 3 N–H and O–H groups in total. The van der Waals surface area contributed by atoms with Crippen molar-refractivity contribution in [2.45, 2.75) is 45.6 Å². The van der Waals surface area contributed by atoms with Crippen molar-refractivity contribution in [1.82, 2.24) is 10.3 Å². The van der Waals surface area contributed by atoms with Crippen molar-refractivity contribution in [3.05, 3.63) is 23.9 Å². The van der Waals surface area contributed by atoms with E-state index >= 15 is 0 Å². The SMILES string of the molecule is CCNC(=O)c1ccc(NCC2(C)CCCCC2O)nc1. The van der Waals surface area contributed by atoms with E-state index in [2.05, 4.69) is 22.5 Å². The zero-order valence-corrected chi connectivity index (χ0v) is 12.9. The Kier molecular flexibility index (Phi) is 5.17. The van der Waals surface area contributed by atoms with E-state index in [4.69, 9.17) is 0 Å². The molecule has 1 aromatic rings. The van der Waals surface area contributed by atoms with Crippen molar-refractivity contribution in [2.24, 2.45) is 5.41 Å². The van der Waals surface area contributed by atoms with Crippen LogP contribution >= 0.6 is 0 Å². The summed E-state index contributed by atoms with van der Waals surface area (Å²) in [5.74, 6) is 0.633. The average molecular weight is 291 g/mol. The molecule has 0 bridgehead atoms. The Morgan fingerprint density at radius 3 is 2.90 bits per heavy atom. The Morgan fingerprint density at radius 2 is 2.29 bits per heavy atom. The monoisotopic (exact) mass is 291 g/mol. The number of aliphatic hydroxyl groups is 1. The molecule has 1 saturated carbocycles. The van der Waals surface area contributed by atoms with Gasteiger partial charge in [-0.25, -0.2) is 4.98 Å². The minimum atomic E-state index is -0.256. The molecular weight excluding hydrogens is 266 g/mol. The molecule has 2 atom stereocenters. The Bertz CT molecular complexity index is 475. The van der Waals surface area contributed by atoms with E-state index in [0.717, 1.165) is 25.1 Å². The molecular formula is C16H25N3O2. The molecule has 2 unspecified atom stereocenters. The lowest BCUT2D eigenvalue weighted by Gasteiger charge is -2.38. The molecule has 1 aliphatic rings. The molecule has 5 heteroatoms. The van der Waals surface area contributed by atoms with Gasteiger partial charge in [0.05, 0.1) is 11.7 Å². The number of hydrogen-bond acceptors (Lipinski definition) is 4. The first-order chi connectivity index (χ1) is 10.0. The maximum Gasteiger partial charge on any atom is 0.252 e. The van der Waals surface area contributed by atoms with Crippen molar-refractivity contribution in [3.63, 3.8) is 0 Å². The number of aromatic nitrogens is 1. The number of carbonyl (C=O) groups excluding carboxylic acids is 1. The summed E-state index contributed by atoms with van der Waals surface area (Å²) in [5.41, 5.74) is 0.462. The lowest BCUT2D eigenvalue weighted by atomic mass is 9.73. The average Bonchev–Trinajstić information content (AvgIpc) is 2.49. The summed E-state index contributed by atoms with van der Waals surface area (Å²) < 4.78 is 0. The summed E-state index contributed by atoms with van der Waals surface area (Å²) >= 11 is 0. The Hall–Kier alpha value is -1.62. The quantitative estimate of drug-likeness (QED) is 0.777. The van der Waals surface area contributed by atoms with Crippen molar-refractivity contribution >= 4 is 11.7 Å². The Balaban J connectivity index is 1.93. The molecule has 0 aliphatic heterocycles. The fraction of sp³-hybridized carbons (Fsp3) is 0.625. The predicted octanol–water partition coefficient (Wildman–Crippen LogP) is 2.18. The van der Waals surface area contributed by atoms with E-state index in [1.54, 1.807) is 12.3 Å². The lowest BCUT2D eigenvalue weighted by Crippen LogP contribution is -2.41. The number of amides is 1. The van der Waals surface area contributed by atoms with Crippen LogP contribution in [0.5, 0.6) is 0 Å². The maximum absolute atomic E-state index is 11.7. The van der Waals surface area contributed by atoms with E-state index in [9.17, 15) is 9.90 Å². The highest BCUT2D eigenvalue weighted by Crippen LogP contribution is 2.36. The summed E-state index contributed by atoms with van der Waals surface area (Å²) in [6.07, 6.45) is 5.50. The highest BCUT2D eigenvalue weighted by atomic mass is 16.3. The lowest BCUT2D eigenvalue weighted by molar-refractivity contribution is 0.00958. The van der Waals surface area contributed by atoms with E-state index < -0.39 is 0 Å². The second-order valence-corrected chi connectivity index (χ2v) is 6.06. The molecule has 0 aromatic carbocycles. The van der Waals surface area contributed by atoms with Crippen LogP contribution in [-0.2, 0) is 0 Å². The fourth-order valence-corrected chi connectivity index (χ4v) is 2.78. The van der Waals surface area contributed by atoms with Gasteiger partial charge in [-0.2, -0.15) is 0 Å². The fourth-order valence-electron chi connectivity index (χ4n) is 2.78. The number of anilines is 1. The smallest absolute Gasteiger partial charge is 0.252 e. The van der Waals surface area contributed by atoms with Crippen LogP contribution in [-0.4, -0.2) is 35.2 Å². The Labute approximate surface area is 126 Å². The van der Waals surface area contributed by atoms with Gasteiger partial charge in [-0.3, -0.25) is 4.79 Å². The van der Waals surface area contributed by atoms with Crippen LogP contribution in [0, 0.1) is 5.41 Å². The molecule has 5 nitrogen and oxygen atoms in total. The van der Waals surface area contributed by atoms with Crippen molar-refractivity contribution in [2.75, 3.05) is 18.4 Å². The van der Waals surface area contributed by atoms with Gasteiger partial charge in [0, 0.05) is 24.7 Å². The summed E-state index contributed by atoms with van der Waals surface area (Å²) in [4.78, 5) is 15.9. The molecule has 1 aliphatic carbocycles. The normalized spacial score (nSPS) is 25.4. The molecule has 1 fully saturated rings. The second kappa shape index (κ2) is 6.89. The van der Waals surface area contributed by atoms with Gasteiger partial charge in [0.2, 0.25) is 0 Å². The first-order valence-corrected chi connectivity index (χ1v) is 7.71. The van der Waals surface area contributed by atoms with Crippen LogP contribution in [0.3, 0.4) is 0 Å². The molecule has 0 radical (unpaired) electrons. The second-order valence-electron chi connectivity index (χ2n) is 6.06. The van der Waals surface area contributed by atoms with E-state index in [1.165, 1.54) is 6.42 Å². The summed E-state index contributed by atoms with van der Waals surface area (Å²) in [6, 6.07) is 3.57. The zero-order valence-electron chi connectivity index (χ0n) is 12.9. The number of pyridine rings is 1. The largest absolute Gasteiger partial charge is 0.392 e. The number of aliphatic hydroxyl groups excluding tert-OH is 1. The van der Waals surface area contributed by atoms with Gasteiger partial charge in [-0.1, -0.05) is 19.8 Å². The van der Waals surface area contributed by atoms with E-state index in [0.29, 0.717) is 18.7 Å². The third-order valence-electron chi connectivity index (χ3n) is 4.32. The van der Waals surface area contributed by atoms with Gasteiger partial charge in [0.25, 0.3) is 5.91 Å². The highest BCUT2D eigenvalue weighted by Gasteiger charge is 2.35. The summed E-state index contributed by atoms with van der Waals surface area (Å²) in [5, 5.41) is 16.2. The number of rotatable bonds is 5. The van der Waals surface area contributed by atoms with Crippen molar-refractivity contribution in [1.29, 1.82) is 0 Å². The summed E-state index contributed by atoms with van der Waals surface area (Å²) in [7, 11) is 0. The van der Waals surface area contributed by atoms with Crippen molar-refractivity contribution < 1.29 is 9.90 Å². The van der Waals surface area contributed by atoms with E-state index in [1.807, 2.05) is 13.0 Å². The first kappa shape index (κ1) is 15.8. The molecule has 0 spiro atoms. The minimum Gasteiger partial charge on any atom is -0.392 e. The topological polar surface area (TPSA) is 74.2 Å². The third-order valence-corrected chi connectivity index (χ3v) is 4.32. The van der Waals surface area contributed by atoms with Gasteiger partial charge < -0.3 is 15.7 Å². The first-order valence-electron chi connectivity index (χ1n) is 7.71. The Morgan fingerprint density at radius 1 is 1.48 bits per heavy atom. The van der Waals surface area contributed by atoms with Gasteiger partial charge >= 0.3 is 0 Å². The van der Waals surface area contributed by atoms with Gasteiger partial charge in [-0.05, 0) is 31.9 Å². The predicted molar refractivity (Wildman–Crippen MR) is 83.3 cm³/mol. The number of carbonyl (C=O) groups is 1. The highest BCUT2D eigenvalue weighted by molar-refractivity contribution is 5.93. The molecule has 21 heavy (non-hydrogen) atoms. The van der Waals surface area contributed by atoms with Gasteiger partial charge in [-0.15, -0.1) is 0 Å². The number of nitrogens with one attached hydrogen (secondary N) is 2. The molecule has 1 heterocycles. The molecule has 1 aromatic heterocycles.